The van der Waals surface area contributed by atoms with Crippen molar-refractivity contribution in [3.8, 4) is 20.9 Å². The molecule has 0 fully saturated rings. The fourth-order valence-corrected chi connectivity index (χ4v) is 4.15. The predicted molar refractivity (Wildman–Crippen MR) is 87.1 cm³/mol. The van der Waals surface area contributed by atoms with Crippen molar-refractivity contribution in [2.75, 3.05) is 0 Å². The van der Waals surface area contributed by atoms with Gasteiger partial charge in [-0.2, -0.15) is 0 Å². The van der Waals surface area contributed by atoms with Crippen LogP contribution in [0.3, 0.4) is 0 Å². The van der Waals surface area contributed by atoms with E-state index in [9.17, 15) is 0 Å². The minimum Gasteiger partial charge on any atom is -0.144 e. The molecular formula is C15H13PS2. The predicted octanol–water partition coefficient (Wildman–Crippen LogP) is 4.95. The zero-order valence-electron chi connectivity index (χ0n) is 10.0. The summed E-state index contributed by atoms with van der Waals surface area (Å²) in [6, 6.07) is 13.1. The fraction of sp³-hybridized carbons (Fsp3) is 0.0667. The summed E-state index contributed by atoms with van der Waals surface area (Å²) in [7, 11) is 2.87. The summed E-state index contributed by atoms with van der Waals surface area (Å²) in [6.07, 6.45) is 0. The van der Waals surface area contributed by atoms with Crippen molar-refractivity contribution in [2.24, 2.45) is 0 Å². The van der Waals surface area contributed by atoms with Gasteiger partial charge in [0.2, 0.25) is 0 Å². The van der Waals surface area contributed by atoms with Crippen molar-refractivity contribution in [3.05, 3.63) is 52.7 Å². The van der Waals surface area contributed by atoms with Gasteiger partial charge in [-0.3, -0.25) is 0 Å². The van der Waals surface area contributed by atoms with Gasteiger partial charge in [0.25, 0.3) is 0 Å². The summed E-state index contributed by atoms with van der Waals surface area (Å²) in [4.78, 5) is 2.68. The van der Waals surface area contributed by atoms with E-state index in [1.165, 1.54) is 31.7 Å². The highest BCUT2D eigenvalue weighted by Gasteiger charge is 2.09. The lowest BCUT2D eigenvalue weighted by Gasteiger charge is -2.10. The molecular weight excluding hydrogens is 275 g/mol. The summed E-state index contributed by atoms with van der Waals surface area (Å²) >= 11 is 3.59. The number of benzene rings is 1. The number of aryl methyl sites for hydroxylation is 1. The van der Waals surface area contributed by atoms with Crippen molar-refractivity contribution in [3.63, 3.8) is 0 Å². The zero-order chi connectivity index (χ0) is 12.5. The molecule has 3 rings (SSSR count). The van der Waals surface area contributed by atoms with E-state index in [4.69, 9.17) is 0 Å². The highest BCUT2D eigenvalue weighted by atomic mass is 32.1. The van der Waals surface area contributed by atoms with Crippen LogP contribution in [0.2, 0.25) is 0 Å². The van der Waals surface area contributed by atoms with Gasteiger partial charge in [-0.05, 0) is 63.9 Å². The van der Waals surface area contributed by atoms with Crippen LogP contribution in [-0.2, 0) is 0 Å². The second kappa shape index (κ2) is 4.97. The molecule has 3 aromatic rings. The Kier molecular flexibility index (Phi) is 3.34. The molecule has 0 amide bonds. The van der Waals surface area contributed by atoms with Crippen molar-refractivity contribution in [2.45, 2.75) is 6.92 Å². The van der Waals surface area contributed by atoms with Gasteiger partial charge in [-0.25, -0.2) is 0 Å². The molecule has 0 aliphatic rings. The van der Waals surface area contributed by atoms with E-state index >= 15 is 0 Å². The maximum absolute atomic E-state index is 2.87. The number of hydrogen-bond acceptors (Lipinski definition) is 2. The zero-order valence-corrected chi connectivity index (χ0v) is 12.8. The molecule has 1 unspecified atom stereocenters. The van der Waals surface area contributed by atoms with Gasteiger partial charge in [-0.1, -0.05) is 12.1 Å². The molecule has 3 heteroatoms. The van der Waals surface area contributed by atoms with Crippen LogP contribution in [0.5, 0.6) is 0 Å². The van der Waals surface area contributed by atoms with Crippen molar-refractivity contribution in [1.82, 2.24) is 0 Å². The molecule has 0 saturated heterocycles. The largest absolute Gasteiger partial charge is 0.144 e. The van der Waals surface area contributed by atoms with Crippen molar-refractivity contribution in [1.29, 1.82) is 0 Å². The summed E-state index contributed by atoms with van der Waals surface area (Å²) in [5, 5.41) is 5.53. The second-order valence-electron chi connectivity index (χ2n) is 4.21. The van der Waals surface area contributed by atoms with E-state index in [-0.39, 0.29) is 0 Å². The molecule has 2 heterocycles. The van der Waals surface area contributed by atoms with Crippen LogP contribution in [0.15, 0.2) is 47.2 Å². The third-order valence-corrected chi connectivity index (χ3v) is 5.25. The van der Waals surface area contributed by atoms with Crippen LogP contribution in [0.1, 0.15) is 5.56 Å². The molecule has 1 aromatic carbocycles. The normalized spacial score (nSPS) is 10.8. The van der Waals surface area contributed by atoms with Gasteiger partial charge in [0.1, 0.15) is 0 Å². The second-order valence-corrected chi connectivity index (χ2v) is 6.73. The van der Waals surface area contributed by atoms with E-state index in [1.807, 2.05) is 0 Å². The smallest absolute Gasteiger partial charge is 0.0349 e. The van der Waals surface area contributed by atoms with E-state index in [0.717, 1.165) is 0 Å². The Labute approximate surface area is 118 Å². The van der Waals surface area contributed by atoms with Crippen LogP contribution >= 0.6 is 31.9 Å². The SMILES string of the molecule is Cc1cc(-c2cccs2)c(P)cc1-c1cccs1. The average molecular weight is 288 g/mol. The summed E-state index contributed by atoms with van der Waals surface area (Å²) in [6.45, 7) is 2.19. The fourth-order valence-electron chi connectivity index (χ4n) is 2.07. The Morgan fingerprint density at radius 1 is 0.889 bits per heavy atom. The Balaban J connectivity index is 2.15. The van der Waals surface area contributed by atoms with Crippen LogP contribution in [0, 0.1) is 6.92 Å². The van der Waals surface area contributed by atoms with Crippen molar-refractivity contribution < 1.29 is 0 Å². The maximum atomic E-state index is 2.87. The third-order valence-electron chi connectivity index (χ3n) is 2.97. The van der Waals surface area contributed by atoms with E-state index in [2.05, 4.69) is 63.3 Å². The molecule has 0 N–H and O–H groups in total. The Morgan fingerprint density at radius 3 is 2.06 bits per heavy atom. The van der Waals surface area contributed by atoms with Crippen LogP contribution in [0.4, 0.5) is 0 Å². The lowest BCUT2D eigenvalue weighted by molar-refractivity contribution is 1.49. The van der Waals surface area contributed by atoms with Gasteiger partial charge >= 0.3 is 0 Å². The first-order valence-electron chi connectivity index (χ1n) is 5.73. The maximum Gasteiger partial charge on any atom is 0.0349 e. The Bertz CT molecular complexity index is 592. The Hall–Kier alpha value is -0.950. The topological polar surface area (TPSA) is 0 Å². The van der Waals surface area contributed by atoms with Crippen molar-refractivity contribution >= 4 is 37.2 Å². The molecule has 0 nitrogen and oxygen atoms in total. The van der Waals surface area contributed by atoms with Crippen LogP contribution in [0.25, 0.3) is 20.9 Å². The number of rotatable bonds is 2. The molecule has 0 spiro atoms. The van der Waals surface area contributed by atoms with Gasteiger partial charge < -0.3 is 0 Å². The monoisotopic (exact) mass is 288 g/mol. The van der Waals surface area contributed by atoms with E-state index in [1.54, 1.807) is 22.7 Å². The van der Waals surface area contributed by atoms with Gasteiger partial charge in [0, 0.05) is 9.75 Å². The minimum absolute atomic E-state index is 1.27. The molecule has 0 bridgehead atoms. The molecule has 1 atom stereocenters. The van der Waals surface area contributed by atoms with Gasteiger partial charge in [0.15, 0.2) is 0 Å². The highest BCUT2D eigenvalue weighted by Crippen LogP contribution is 2.32. The number of thiophene rings is 2. The molecule has 2 aromatic heterocycles. The first kappa shape index (κ1) is 12.1. The highest BCUT2D eigenvalue weighted by molar-refractivity contribution is 7.28. The summed E-state index contributed by atoms with van der Waals surface area (Å²) in [5.74, 6) is 0. The van der Waals surface area contributed by atoms with Crippen LogP contribution in [-0.4, -0.2) is 0 Å². The minimum atomic E-state index is 1.27. The summed E-state index contributed by atoms with van der Waals surface area (Å²) < 4.78 is 0. The first-order valence-corrected chi connectivity index (χ1v) is 8.07. The molecule has 0 aliphatic carbocycles. The van der Waals surface area contributed by atoms with Crippen LogP contribution < -0.4 is 5.30 Å². The Morgan fingerprint density at radius 2 is 1.50 bits per heavy atom. The molecule has 90 valence electrons. The average Bonchev–Trinajstić information content (AvgIpc) is 3.02. The molecule has 18 heavy (non-hydrogen) atoms. The molecule has 0 radical (unpaired) electrons. The van der Waals surface area contributed by atoms with E-state index in [0.29, 0.717) is 0 Å². The lowest BCUT2D eigenvalue weighted by Crippen LogP contribution is -1.98. The molecule has 0 saturated carbocycles. The summed E-state index contributed by atoms with van der Waals surface area (Å²) in [5.41, 5.74) is 4.01. The molecule has 0 aliphatic heterocycles. The quantitative estimate of drug-likeness (QED) is 0.585. The van der Waals surface area contributed by atoms with E-state index < -0.39 is 0 Å². The van der Waals surface area contributed by atoms with Gasteiger partial charge in [0.05, 0.1) is 0 Å². The van der Waals surface area contributed by atoms with Gasteiger partial charge in [-0.15, -0.1) is 31.9 Å². The lowest BCUT2D eigenvalue weighted by atomic mass is 10.0. The first-order chi connectivity index (χ1) is 8.75. The standard InChI is InChI=1S/C15H13PS2/c1-10-8-12(15-5-3-7-18-15)13(16)9-11(10)14-4-2-6-17-14/h2-9H,16H2,1H3. The number of hydrogen-bond donors (Lipinski definition) is 0. The third kappa shape index (κ3) is 2.16.